The molecule has 1 aliphatic rings. The Kier molecular flexibility index (Phi) is 3.45. The number of sulfonamides is 1. The largest absolute Gasteiger partial charge is 0.227 e. The molecule has 0 saturated carbocycles. The minimum Gasteiger partial charge on any atom is -0.211 e. The summed E-state index contributed by atoms with van der Waals surface area (Å²) < 4.78 is 24.1. The maximum absolute atomic E-state index is 11.4. The lowest BCUT2D eigenvalue weighted by molar-refractivity contribution is 0.311. The molecule has 0 amide bonds. The van der Waals surface area contributed by atoms with Gasteiger partial charge in [-0.3, -0.25) is 0 Å². The van der Waals surface area contributed by atoms with Gasteiger partial charge < -0.3 is 0 Å². The predicted molar refractivity (Wildman–Crippen MR) is 49.3 cm³/mol. The van der Waals surface area contributed by atoms with Crippen LogP contribution >= 0.6 is 0 Å². The summed E-state index contributed by atoms with van der Waals surface area (Å²) in [7, 11) is -3.40. The Morgan fingerprint density at radius 3 is 2.29 bits per heavy atom. The lowest BCUT2D eigenvalue weighted by Gasteiger charge is -2.27. The zero-order valence-electron chi connectivity index (χ0n) is 7.68. The van der Waals surface area contributed by atoms with Gasteiger partial charge in [-0.2, -0.15) is 10.5 Å². The minimum absolute atomic E-state index is 0.0384. The third kappa shape index (κ3) is 2.44. The molecule has 1 rings (SSSR count). The molecule has 0 bridgehead atoms. The van der Waals surface area contributed by atoms with Crippen molar-refractivity contribution >= 4 is 10.0 Å². The van der Waals surface area contributed by atoms with Crippen molar-refractivity contribution in [2.45, 2.75) is 12.8 Å². The molecule has 0 aromatic heterocycles. The first-order valence-corrected chi connectivity index (χ1v) is 5.95. The van der Waals surface area contributed by atoms with Gasteiger partial charge >= 0.3 is 0 Å². The maximum Gasteiger partial charge on any atom is 0.227 e. The standard InChI is InChI=1S/C8H11N3O2S/c9-3-6-14(12,13)11-4-1-8(7-10)2-5-11/h8H,1-2,4-6H2. The van der Waals surface area contributed by atoms with Crippen LogP contribution in [-0.2, 0) is 10.0 Å². The molecule has 5 nitrogen and oxygen atoms in total. The van der Waals surface area contributed by atoms with Gasteiger partial charge in [0.25, 0.3) is 0 Å². The minimum atomic E-state index is -3.40. The molecule has 0 atom stereocenters. The molecule has 14 heavy (non-hydrogen) atoms. The first kappa shape index (κ1) is 11.0. The van der Waals surface area contributed by atoms with E-state index in [-0.39, 0.29) is 5.92 Å². The molecule has 1 aliphatic heterocycles. The fourth-order valence-electron chi connectivity index (χ4n) is 1.44. The molecular weight excluding hydrogens is 202 g/mol. The SMILES string of the molecule is N#CCS(=O)(=O)N1CCC(C#N)CC1. The van der Waals surface area contributed by atoms with Crippen LogP contribution < -0.4 is 0 Å². The quantitative estimate of drug-likeness (QED) is 0.650. The van der Waals surface area contributed by atoms with Gasteiger partial charge in [0.05, 0.1) is 12.1 Å². The summed E-state index contributed by atoms with van der Waals surface area (Å²) in [6.07, 6.45) is 1.14. The molecule has 0 aromatic carbocycles. The Labute approximate surface area is 83.6 Å². The number of nitrogens with zero attached hydrogens (tertiary/aromatic N) is 3. The monoisotopic (exact) mass is 213 g/mol. The summed E-state index contributed by atoms with van der Waals surface area (Å²) in [6, 6.07) is 3.76. The Balaban J connectivity index is 2.60. The van der Waals surface area contributed by atoms with E-state index in [1.807, 2.05) is 0 Å². The fourth-order valence-corrected chi connectivity index (χ4v) is 2.55. The Morgan fingerprint density at radius 1 is 1.29 bits per heavy atom. The summed E-state index contributed by atoms with van der Waals surface area (Å²) in [5, 5.41) is 16.9. The Morgan fingerprint density at radius 2 is 1.86 bits per heavy atom. The topological polar surface area (TPSA) is 85.0 Å². The molecule has 0 radical (unpaired) electrons. The highest BCUT2D eigenvalue weighted by atomic mass is 32.2. The summed E-state index contributed by atoms with van der Waals surface area (Å²) in [5.41, 5.74) is 0. The maximum atomic E-state index is 11.4. The van der Waals surface area contributed by atoms with Gasteiger partial charge in [0.1, 0.15) is 0 Å². The Bertz CT molecular complexity index is 368. The van der Waals surface area contributed by atoms with Crippen molar-refractivity contribution in [3.63, 3.8) is 0 Å². The van der Waals surface area contributed by atoms with E-state index in [1.165, 1.54) is 4.31 Å². The van der Waals surface area contributed by atoms with E-state index in [1.54, 1.807) is 6.07 Å². The molecule has 0 spiro atoms. The molecule has 0 N–H and O–H groups in total. The summed E-state index contributed by atoms with van der Waals surface area (Å²) in [5.74, 6) is -0.506. The Hall–Kier alpha value is -1.11. The molecule has 0 unspecified atom stereocenters. The van der Waals surface area contributed by atoms with E-state index >= 15 is 0 Å². The highest BCUT2D eigenvalue weighted by molar-refractivity contribution is 7.89. The molecule has 0 aromatic rings. The number of hydrogen-bond acceptors (Lipinski definition) is 4. The number of hydrogen-bond donors (Lipinski definition) is 0. The van der Waals surface area contributed by atoms with Gasteiger partial charge in [-0.1, -0.05) is 0 Å². The van der Waals surface area contributed by atoms with Crippen LogP contribution in [0.2, 0.25) is 0 Å². The smallest absolute Gasteiger partial charge is 0.211 e. The van der Waals surface area contributed by atoms with Gasteiger partial charge in [-0.05, 0) is 12.8 Å². The third-order valence-electron chi connectivity index (χ3n) is 2.28. The van der Waals surface area contributed by atoms with Crippen molar-refractivity contribution in [2.24, 2.45) is 5.92 Å². The van der Waals surface area contributed by atoms with E-state index in [9.17, 15) is 8.42 Å². The van der Waals surface area contributed by atoms with Crippen LogP contribution in [0, 0.1) is 28.6 Å². The molecule has 6 heteroatoms. The zero-order valence-corrected chi connectivity index (χ0v) is 8.50. The third-order valence-corrected chi connectivity index (χ3v) is 3.92. The highest BCUT2D eigenvalue weighted by Crippen LogP contribution is 2.18. The fraction of sp³-hybridized carbons (Fsp3) is 0.750. The van der Waals surface area contributed by atoms with E-state index in [0.29, 0.717) is 25.9 Å². The molecular formula is C8H11N3O2S. The average molecular weight is 213 g/mol. The van der Waals surface area contributed by atoms with Crippen LogP contribution in [0.4, 0.5) is 0 Å². The molecule has 1 saturated heterocycles. The summed E-state index contributed by atoms with van der Waals surface area (Å²) in [6.45, 7) is 0.727. The molecule has 1 heterocycles. The lowest BCUT2D eigenvalue weighted by Crippen LogP contribution is -2.39. The normalized spacial score (nSPS) is 19.9. The molecule has 0 aliphatic carbocycles. The van der Waals surface area contributed by atoms with E-state index in [0.717, 1.165) is 0 Å². The number of piperidine rings is 1. The van der Waals surface area contributed by atoms with Gasteiger partial charge in [-0.25, -0.2) is 12.7 Å². The highest BCUT2D eigenvalue weighted by Gasteiger charge is 2.27. The van der Waals surface area contributed by atoms with Gasteiger partial charge in [0.2, 0.25) is 10.0 Å². The summed E-state index contributed by atoms with van der Waals surface area (Å²) >= 11 is 0. The first-order chi connectivity index (χ1) is 6.60. The lowest BCUT2D eigenvalue weighted by atomic mass is 10.0. The molecule has 1 fully saturated rings. The van der Waals surface area contributed by atoms with E-state index < -0.39 is 15.8 Å². The van der Waals surface area contributed by atoms with Crippen LogP contribution in [0.5, 0.6) is 0 Å². The van der Waals surface area contributed by atoms with Gasteiger partial charge in [-0.15, -0.1) is 0 Å². The van der Waals surface area contributed by atoms with Crippen LogP contribution in [0.25, 0.3) is 0 Å². The van der Waals surface area contributed by atoms with Crippen molar-refractivity contribution in [3.05, 3.63) is 0 Å². The van der Waals surface area contributed by atoms with Crippen molar-refractivity contribution in [3.8, 4) is 12.1 Å². The van der Waals surface area contributed by atoms with Gasteiger partial charge in [0, 0.05) is 19.0 Å². The van der Waals surface area contributed by atoms with Crippen LogP contribution in [0.3, 0.4) is 0 Å². The van der Waals surface area contributed by atoms with Crippen molar-refractivity contribution < 1.29 is 8.42 Å². The van der Waals surface area contributed by atoms with E-state index in [4.69, 9.17) is 10.5 Å². The average Bonchev–Trinajstić information content (AvgIpc) is 2.18. The number of nitriles is 2. The van der Waals surface area contributed by atoms with Gasteiger partial charge in [0.15, 0.2) is 5.75 Å². The second kappa shape index (κ2) is 4.41. The first-order valence-electron chi connectivity index (χ1n) is 4.34. The van der Waals surface area contributed by atoms with Crippen LogP contribution in [-0.4, -0.2) is 31.6 Å². The summed E-state index contributed by atoms with van der Waals surface area (Å²) in [4.78, 5) is 0. The van der Waals surface area contributed by atoms with Crippen molar-refractivity contribution in [2.75, 3.05) is 18.8 Å². The predicted octanol–water partition coefficient (Wildman–Crippen LogP) is 0.0754. The van der Waals surface area contributed by atoms with Crippen LogP contribution in [0.1, 0.15) is 12.8 Å². The second-order valence-electron chi connectivity index (χ2n) is 3.22. The van der Waals surface area contributed by atoms with E-state index in [2.05, 4.69) is 6.07 Å². The van der Waals surface area contributed by atoms with Crippen LogP contribution in [0.15, 0.2) is 0 Å². The van der Waals surface area contributed by atoms with Crippen molar-refractivity contribution in [1.82, 2.24) is 4.31 Å². The zero-order chi connectivity index (χ0) is 10.6. The van der Waals surface area contributed by atoms with Crippen molar-refractivity contribution in [1.29, 1.82) is 10.5 Å². The molecule has 76 valence electrons. The second-order valence-corrected chi connectivity index (χ2v) is 5.19. The number of rotatable bonds is 2.